The lowest BCUT2D eigenvalue weighted by Crippen LogP contribution is -2.55. The molecule has 7 heteroatoms. The minimum atomic E-state index is -0.974. The predicted octanol–water partition coefficient (Wildman–Crippen LogP) is 2.68. The van der Waals surface area contributed by atoms with Crippen molar-refractivity contribution < 1.29 is 9.59 Å². The highest BCUT2D eigenvalue weighted by molar-refractivity contribution is 5.97. The van der Waals surface area contributed by atoms with E-state index in [1.807, 2.05) is 60.7 Å². The number of benzene rings is 2. The molecule has 1 aliphatic heterocycles. The average molecular weight is 389 g/mol. The van der Waals surface area contributed by atoms with Crippen LogP contribution in [0.5, 0.6) is 0 Å². The third-order valence-corrected chi connectivity index (χ3v) is 5.15. The second-order valence-electron chi connectivity index (χ2n) is 7.50. The van der Waals surface area contributed by atoms with E-state index in [4.69, 9.17) is 0 Å². The average Bonchev–Trinajstić information content (AvgIpc) is 3.14. The topological polar surface area (TPSA) is 80.1 Å². The molecule has 148 valence electrons. The van der Waals surface area contributed by atoms with E-state index in [1.165, 1.54) is 0 Å². The van der Waals surface area contributed by atoms with Crippen LogP contribution >= 0.6 is 0 Å². The largest absolute Gasteiger partial charge is 0.354 e. The van der Waals surface area contributed by atoms with Crippen LogP contribution in [0.15, 0.2) is 60.7 Å². The SMILES string of the molecule is CC1(C)C(=O)NCCCN1C(=O)c1nc(-c2ccccc2)n(-c2ccccc2)n1. The summed E-state index contributed by atoms with van der Waals surface area (Å²) in [5.41, 5.74) is 0.695. The molecule has 2 heterocycles. The van der Waals surface area contributed by atoms with Crippen molar-refractivity contribution >= 4 is 11.8 Å². The third-order valence-electron chi connectivity index (χ3n) is 5.15. The van der Waals surface area contributed by atoms with E-state index in [9.17, 15) is 9.59 Å². The van der Waals surface area contributed by atoms with Gasteiger partial charge in [-0.2, -0.15) is 0 Å². The van der Waals surface area contributed by atoms with Crippen LogP contribution in [-0.4, -0.2) is 50.1 Å². The number of aromatic nitrogens is 3. The summed E-state index contributed by atoms with van der Waals surface area (Å²) in [6, 6.07) is 19.2. The van der Waals surface area contributed by atoms with E-state index in [0.717, 1.165) is 11.3 Å². The lowest BCUT2D eigenvalue weighted by Gasteiger charge is -2.34. The Hall–Kier alpha value is -3.48. The zero-order chi connectivity index (χ0) is 20.4. The number of nitrogens with one attached hydrogen (secondary N) is 1. The number of carbonyl (C=O) groups excluding carboxylic acids is 2. The smallest absolute Gasteiger partial charge is 0.294 e. The molecule has 0 aliphatic carbocycles. The summed E-state index contributed by atoms with van der Waals surface area (Å²) in [4.78, 5) is 31.9. The lowest BCUT2D eigenvalue weighted by atomic mass is 10.0. The molecule has 0 spiro atoms. The van der Waals surface area contributed by atoms with Gasteiger partial charge >= 0.3 is 0 Å². The number of nitrogens with zero attached hydrogens (tertiary/aromatic N) is 4. The van der Waals surface area contributed by atoms with Gasteiger partial charge in [0.2, 0.25) is 11.7 Å². The summed E-state index contributed by atoms with van der Waals surface area (Å²) in [5, 5.41) is 7.40. The molecule has 1 fully saturated rings. The van der Waals surface area contributed by atoms with Crippen molar-refractivity contribution in [3.05, 3.63) is 66.5 Å². The number of hydrogen-bond acceptors (Lipinski definition) is 4. The molecule has 1 N–H and O–H groups in total. The Balaban J connectivity index is 1.79. The third kappa shape index (κ3) is 3.51. The molecular weight excluding hydrogens is 366 g/mol. The number of para-hydroxylation sites is 1. The summed E-state index contributed by atoms with van der Waals surface area (Å²) >= 11 is 0. The van der Waals surface area contributed by atoms with Crippen molar-refractivity contribution in [1.29, 1.82) is 0 Å². The van der Waals surface area contributed by atoms with E-state index < -0.39 is 5.54 Å². The summed E-state index contributed by atoms with van der Waals surface area (Å²) in [7, 11) is 0. The maximum absolute atomic E-state index is 13.3. The molecule has 0 bridgehead atoms. The first-order valence-electron chi connectivity index (χ1n) is 9.66. The number of carbonyl (C=O) groups is 2. The lowest BCUT2D eigenvalue weighted by molar-refractivity contribution is -0.129. The van der Waals surface area contributed by atoms with Crippen LogP contribution in [0.25, 0.3) is 17.1 Å². The molecule has 0 atom stereocenters. The van der Waals surface area contributed by atoms with Gasteiger partial charge < -0.3 is 10.2 Å². The van der Waals surface area contributed by atoms with Crippen LogP contribution < -0.4 is 5.32 Å². The zero-order valence-corrected chi connectivity index (χ0v) is 16.5. The molecule has 2 amide bonds. The van der Waals surface area contributed by atoms with Gasteiger partial charge in [0.05, 0.1) is 5.69 Å². The molecule has 0 saturated carbocycles. The Bertz CT molecular complexity index is 971. The normalized spacial score (nSPS) is 16.2. The van der Waals surface area contributed by atoms with Crippen molar-refractivity contribution in [3.63, 3.8) is 0 Å². The molecular formula is C22H23N5O2. The molecule has 1 aromatic heterocycles. The van der Waals surface area contributed by atoms with E-state index >= 15 is 0 Å². The van der Waals surface area contributed by atoms with Crippen LogP contribution in [0.3, 0.4) is 0 Å². The summed E-state index contributed by atoms with van der Waals surface area (Å²) in [5.74, 6) is 0.140. The Morgan fingerprint density at radius 3 is 2.38 bits per heavy atom. The summed E-state index contributed by atoms with van der Waals surface area (Å²) < 4.78 is 1.67. The summed E-state index contributed by atoms with van der Waals surface area (Å²) in [6.45, 7) is 4.51. The van der Waals surface area contributed by atoms with E-state index in [1.54, 1.807) is 23.4 Å². The highest BCUT2D eigenvalue weighted by Gasteiger charge is 2.40. The van der Waals surface area contributed by atoms with Gasteiger partial charge in [-0.1, -0.05) is 48.5 Å². The van der Waals surface area contributed by atoms with Gasteiger partial charge in [0.15, 0.2) is 5.82 Å². The standard InChI is InChI=1S/C22H23N5O2/c1-22(2)21(29)23-14-9-15-26(22)20(28)18-24-19(16-10-5-3-6-11-16)27(25-18)17-12-7-4-8-13-17/h3-8,10-13H,9,14-15H2,1-2H3,(H,23,29). The van der Waals surface area contributed by atoms with Gasteiger partial charge in [0, 0.05) is 18.7 Å². The maximum Gasteiger partial charge on any atom is 0.294 e. The second-order valence-corrected chi connectivity index (χ2v) is 7.50. The van der Waals surface area contributed by atoms with Crippen molar-refractivity contribution in [2.45, 2.75) is 25.8 Å². The Kier molecular flexibility index (Phi) is 4.88. The molecule has 4 rings (SSSR count). The Morgan fingerprint density at radius 1 is 1.03 bits per heavy atom. The van der Waals surface area contributed by atoms with Gasteiger partial charge in [-0.05, 0) is 32.4 Å². The first-order chi connectivity index (χ1) is 14.0. The van der Waals surface area contributed by atoms with Crippen LogP contribution in [0.1, 0.15) is 30.9 Å². The van der Waals surface area contributed by atoms with Gasteiger partial charge in [-0.25, -0.2) is 9.67 Å². The van der Waals surface area contributed by atoms with Crippen molar-refractivity contribution in [1.82, 2.24) is 25.0 Å². The fraction of sp³-hybridized carbons (Fsp3) is 0.273. The highest BCUT2D eigenvalue weighted by Crippen LogP contribution is 2.24. The zero-order valence-electron chi connectivity index (χ0n) is 16.5. The van der Waals surface area contributed by atoms with Crippen molar-refractivity contribution in [2.24, 2.45) is 0 Å². The second kappa shape index (κ2) is 7.50. The highest BCUT2D eigenvalue weighted by atomic mass is 16.2. The van der Waals surface area contributed by atoms with Gasteiger partial charge in [0.1, 0.15) is 5.54 Å². The predicted molar refractivity (Wildman–Crippen MR) is 110 cm³/mol. The number of hydrogen-bond donors (Lipinski definition) is 1. The Labute approximate surface area is 169 Å². The minimum Gasteiger partial charge on any atom is -0.354 e. The fourth-order valence-corrected chi connectivity index (χ4v) is 3.46. The van der Waals surface area contributed by atoms with Crippen LogP contribution in [-0.2, 0) is 4.79 Å². The maximum atomic E-state index is 13.3. The van der Waals surface area contributed by atoms with Gasteiger partial charge in [-0.3, -0.25) is 9.59 Å². The monoisotopic (exact) mass is 389 g/mol. The quantitative estimate of drug-likeness (QED) is 0.747. The molecule has 1 saturated heterocycles. The Morgan fingerprint density at radius 2 is 1.69 bits per heavy atom. The fourth-order valence-electron chi connectivity index (χ4n) is 3.46. The van der Waals surface area contributed by atoms with Gasteiger partial charge in [0.25, 0.3) is 5.91 Å². The number of rotatable bonds is 3. The first kappa shape index (κ1) is 18.9. The molecule has 2 aromatic carbocycles. The first-order valence-corrected chi connectivity index (χ1v) is 9.66. The molecule has 3 aromatic rings. The van der Waals surface area contributed by atoms with E-state index in [2.05, 4.69) is 15.4 Å². The molecule has 0 unspecified atom stereocenters. The minimum absolute atomic E-state index is 0.0791. The summed E-state index contributed by atoms with van der Waals surface area (Å²) in [6.07, 6.45) is 0.686. The van der Waals surface area contributed by atoms with Crippen LogP contribution in [0.4, 0.5) is 0 Å². The van der Waals surface area contributed by atoms with Crippen molar-refractivity contribution in [3.8, 4) is 17.1 Å². The van der Waals surface area contributed by atoms with E-state index in [0.29, 0.717) is 25.3 Å². The van der Waals surface area contributed by atoms with Crippen LogP contribution in [0.2, 0.25) is 0 Å². The van der Waals surface area contributed by atoms with E-state index in [-0.39, 0.29) is 17.6 Å². The molecule has 29 heavy (non-hydrogen) atoms. The molecule has 7 nitrogen and oxygen atoms in total. The van der Waals surface area contributed by atoms with Crippen molar-refractivity contribution in [2.75, 3.05) is 13.1 Å². The van der Waals surface area contributed by atoms with Crippen LogP contribution in [0, 0.1) is 0 Å². The van der Waals surface area contributed by atoms with Gasteiger partial charge in [-0.15, -0.1) is 5.10 Å². The molecule has 0 radical (unpaired) electrons. The number of amides is 2. The molecule has 1 aliphatic rings.